The minimum Gasteiger partial charge on any atom is -0.434 e. The molecule has 11 heteroatoms. The van der Waals surface area contributed by atoms with Crippen LogP contribution in [0.4, 0.5) is 4.79 Å². The van der Waals surface area contributed by atoms with E-state index in [0.29, 0.717) is 6.42 Å². The van der Waals surface area contributed by atoms with E-state index in [-0.39, 0.29) is 6.61 Å². The van der Waals surface area contributed by atoms with Gasteiger partial charge in [-0.3, -0.25) is 4.79 Å². The number of amides is 1. The second-order valence-corrected chi connectivity index (χ2v) is 9.28. The fourth-order valence-corrected chi connectivity index (χ4v) is 5.42. The Morgan fingerprint density at radius 1 is 1.23 bits per heavy atom. The van der Waals surface area contributed by atoms with E-state index in [4.69, 9.17) is 9.47 Å². The third-order valence-electron chi connectivity index (χ3n) is 4.69. The zero-order chi connectivity index (χ0) is 19.7. The third kappa shape index (κ3) is 3.13. The van der Waals surface area contributed by atoms with Gasteiger partial charge in [-0.15, -0.1) is 0 Å². The van der Waals surface area contributed by atoms with E-state index in [1.807, 2.05) is 6.92 Å². The molecule has 2 heterocycles. The van der Waals surface area contributed by atoms with Crippen LogP contribution in [0.25, 0.3) is 0 Å². The molecule has 2 aliphatic heterocycles. The van der Waals surface area contributed by atoms with Gasteiger partial charge in [-0.2, -0.15) is 0 Å². The molecule has 2 rings (SSSR count). The van der Waals surface area contributed by atoms with Crippen LogP contribution in [0.5, 0.6) is 0 Å². The Bertz CT molecular complexity index is 687. The van der Waals surface area contributed by atoms with Crippen LogP contribution in [0, 0.1) is 5.92 Å². The van der Waals surface area contributed by atoms with Crippen LogP contribution in [0.15, 0.2) is 0 Å². The summed E-state index contributed by atoms with van der Waals surface area (Å²) in [6.45, 7) is 3.34. The predicted octanol–water partition coefficient (Wildman–Crippen LogP) is -0.207. The van der Waals surface area contributed by atoms with Gasteiger partial charge in [-0.1, -0.05) is 13.3 Å². The Morgan fingerprint density at radius 3 is 2.46 bits per heavy atom. The van der Waals surface area contributed by atoms with Gasteiger partial charge in [-0.25, -0.2) is 18.0 Å². The highest BCUT2D eigenvalue weighted by molar-refractivity contribution is 7.93. The van der Waals surface area contributed by atoms with Gasteiger partial charge in [0.25, 0.3) is 0 Å². The van der Waals surface area contributed by atoms with Crippen molar-refractivity contribution in [3.8, 4) is 0 Å². The second kappa shape index (κ2) is 7.39. The highest BCUT2D eigenvalue weighted by atomic mass is 32.2. The van der Waals surface area contributed by atoms with Crippen LogP contribution in [-0.2, 0) is 33.6 Å². The number of sulfone groups is 1. The Kier molecular flexibility index (Phi) is 5.81. The first kappa shape index (κ1) is 20.4. The summed E-state index contributed by atoms with van der Waals surface area (Å²) < 4.78 is 37.8. The Morgan fingerprint density at radius 2 is 1.88 bits per heavy atom. The van der Waals surface area contributed by atoms with Gasteiger partial charge in [0.15, 0.2) is 9.84 Å². The minimum atomic E-state index is -3.90. The number of ether oxygens (including phenoxy) is 3. The highest BCUT2D eigenvalue weighted by Gasteiger charge is 2.72. The first-order chi connectivity index (χ1) is 12.1. The Labute approximate surface area is 151 Å². The fourth-order valence-electron chi connectivity index (χ4n) is 3.11. The number of fused-ring (bicyclic) bond motifs is 1. The molecule has 3 atom stereocenters. The van der Waals surface area contributed by atoms with Gasteiger partial charge in [0.05, 0.1) is 23.9 Å². The van der Waals surface area contributed by atoms with Crippen molar-refractivity contribution >= 4 is 27.9 Å². The van der Waals surface area contributed by atoms with Crippen molar-refractivity contribution in [1.82, 2.24) is 4.90 Å². The molecule has 0 bridgehead atoms. The predicted molar refractivity (Wildman–Crippen MR) is 86.3 cm³/mol. The van der Waals surface area contributed by atoms with Gasteiger partial charge in [0.1, 0.15) is 11.4 Å². The Balaban J connectivity index is 2.00. The normalized spacial score (nSPS) is 28.1. The number of aliphatic hydroxyl groups is 1. The SMILES string of the molecule is CCCCOC(=O)OCOC(=O)[C@@H]1N2C(=O)[C@@H](CO)[C@H]2S(=O)(=O)C1(C)C. The molecule has 0 aromatic rings. The van der Waals surface area contributed by atoms with Crippen molar-refractivity contribution in [1.29, 1.82) is 0 Å². The lowest BCUT2D eigenvalue weighted by atomic mass is 9.92. The van der Waals surface area contributed by atoms with Gasteiger partial charge in [0, 0.05) is 0 Å². The lowest BCUT2D eigenvalue weighted by Crippen LogP contribution is -2.64. The number of β-lactam (4-membered cyclic amide) rings is 1. The van der Waals surface area contributed by atoms with Crippen molar-refractivity contribution in [2.75, 3.05) is 20.0 Å². The molecule has 10 nitrogen and oxygen atoms in total. The molecule has 0 saturated carbocycles. The summed E-state index contributed by atoms with van der Waals surface area (Å²) >= 11 is 0. The number of carbonyl (C=O) groups is 3. The van der Waals surface area contributed by atoms with E-state index in [0.717, 1.165) is 11.3 Å². The van der Waals surface area contributed by atoms with Crippen LogP contribution in [0.1, 0.15) is 33.6 Å². The van der Waals surface area contributed by atoms with Crippen molar-refractivity contribution in [3.05, 3.63) is 0 Å². The fraction of sp³-hybridized carbons (Fsp3) is 0.800. The first-order valence-corrected chi connectivity index (χ1v) is 9.78. The number of esters is 1. The average Bonchev–Trinajstić information content (AvgIpc) is 2.70. The Hall–Kier alpha value is -1.88. The standard InChI is InChI=1S/C15H23NO9S/c1-4-5-6-23-14(20)25-8-24-13(19)10-15(2,3)26(21,22)12-9(7-17)11(18)16(10)12/h9-10,12,17H,4-8H2,1-3H3/t9-,10+,12-/m1/s1. The molecule has 0 aliphatic carbocycles. The maximum Gasteiger partial charge on any atom is 0.511 e. The number of unbranched alkanes of at least 4 members (excludes halogenated alkanes) is 1. The lowest BCUT2D eigenvalue weighted by molar-refractivity contribution is -0.173. The summed E-state index contributed by atoms with van der Waals surface area (Å²) in [5, 5.41) is 7.97. The third-order valence-corrected chi connectivity index (χ3v) is 7.58. The van der Waals surface area contributed by atoms with Crippen molar-refractivity contribution in [2.45, 2.75) is 49.8 Å². The molecule has 2 saturated heterocycles. The number of hydrogen-bond acceptors (Lipinski definition) is 9. The molecule has 2 fully saturated rings. The molecule has 26 heavy (non-hydrogen) atoms. The first-order valence-electron chi connectivity index (χ1n) is 8.23. The monoisotopic (exact) mass is 393 g/mol. The van der Waals surface area contributed by atoms with Gasteiger partial charge >= 0.3 is 12.1 Å². The number of nitrogens with zero attached hydrogens (tertiary/aromatic N) is 1. The van der Waals surface area contributed by atoms with Gasteiger partial charge < -0.3 is 24.2 Å². The quantitative estimate of drug-likeness (QED) is 0.270. The van der Waals surface area contributed by atoms with E-state index in [9.17, 15) is 27.9 Å². The summed E-state index contributed by atoms with van der Waals surface area (Å²) in [7, 11) is -3.90. The van der Waals surface area contributed by atoms with Crippen molar-refractivity contribution in [3.63, 3.8) is 0 Å². The topological polar surface area (TPSA) is 137 Å². The van der Waals surface area contributed by atoms with Crippen LogP contribution >= 0.6 is 0 Å². The van der Waals surface area contributed by atoms with Crippen LogP contribution in [-0.4, -0.2) is 72.6 Å². The van der Waals surface area contributed by atoms with Gasteiger partial charge in [-0.05, 0) is 20.3 Å². The molecule has 0 aromatic carbocycles. The average molecular weight is 393 g/mol. The number of rotatable bonds is 7. The number of carbonyl (C=O) groups excluding carboxylic acids is 3. The van der Waals surface area contributed by atoms with Crippen LogP contribution in [0.3, 0.4) is 0 Å². The highest BCUT2D eigenvalue weighted by Crippen LogP contribution is 2.48. The zero-order valence-electron chi connectivity index (χ0n) is 14.8. The number of hydrogen-bond donors (Lipinski definition) is 1. The molecule has 1 N–H and O–H groups in total. The van der Waals surface area contributed by atoms with Crippen molar-refractivity contribution < 1.29 is 42.1 Å². The van der Waals surface area contributed by atoms with Crippen molar-refractivity contribution in [2.24, 2.45) is 5.92 Å². The van der Waals surface area contributed by atoms with E-state index in [1.54, 1.807) is 0 Å². The van der Waals surface area contributed by atoms with Crippen LogP contribution in [0.2, 0.25) is 0 Å². The maximum atomic E-state index is 12.6. The summed E-state index contributed by atoms with van der Waals surface area (Å²) in [6, 6.07) is -1.38. The summed E-state index contributed by atoms with van der Waals surface area (Å²) in [4.78, 5) is 36.6. The minimum absolute atomic E-state index is 0.170. The second-order valence-electron chi connectivity index (χ2n) is 6.65. The maximum absolute atomic E-state index is 12.6. The number of aliphatic hydroxyl groups excluding tert-OH is 1. The van der Waals surface area contributed by atoms with E-state index in [2.05, 4.69) is 4.74 Å². The molecule has 0 spiro atoms. The van der Waals surface area contributed by atoms with E-state index < -0.39 is 63.3 Å². The molecule has 0 aromatic heterocycles. The molecule has 0 unspecified atom stereocenters. The molecular weight excluding hydrogens is 370 g/mol. The largest absolute Gasteiger partial charge is 0.511 e. The smallest absolute Gasteiger partial charge is 0.434 e. The van der Waals surface area contributed by atoms with Gasteiger partial charge in [0.2, 0.25) is 12.7 Å². The molecule has 2 aliphatic rings. The summed E-state index contributed by atoms with van der Waals surface area (Å²) in [5.74, 6) is -2.72. The van der Waals surface area contributed by atoms with E-state index >= 15 is 0 Å². The summed E-state index contributed by atoms with van der Waals surface area (Å²) in [6.07, 6.45) is 0.476. The lowest BCUT2D eigenvalue weighted by Gasteiger charge is -2.42. The van der Waals surface area contributed by atoms with E-state index in [1.165, 1.54) is 13.8 Å². The molecule has 148 valence electrons. The summed E-state index contributed by atoms with van der Waals surface area (Å²) in [5.41, 5.74) is 0. The molecular formula is C15H23NO9S. The molecule has 0 radical (unpaired) electrons. The van der Waals surface area contributed by atoms with Crippen LogP contribution < -0.4 is 0 Å². The zero-order valence-corrected chi connectivity index (χ0v) is 15.7. The molecule has 1 amide bonds.